The molecule has 0 bridgehead atoms. The third-order valence-electron chi connectivity index (χ3n) is 4.80. The topological polar surface area (TPSA) is 61.4 Å². The van der Waals surface area contributed by atoms with Crippen molar-refractivity contribution in [2.24, 2.45) is 0 Å². The molecule has 1 atom stereocenters. The number of halogens is 2. The van der Waals surface area contributed by atoms with E-state index in [1.54, 1.807) is 6.07 Å². The standard InChI is InChI=1S/C23H23ClFN3O2S/c1-14-11-20(27-22(29)17-10-9-16(25)12-18(17)24)31-21(14)23(30)26-13-19(28(2)3)15-7-5-4-6-8-15/h4-12,19H,13H2,1-3H3,(H,26,30)(H,27,29). The van der Waals surface area contributed by atoms with Gasteiger partial charge in [0.2, 0.25) is 0 Å². The first kappa shape index (κ1) is 22.9. The molecule has 1 heterocycles. The molecule has 0 saturated heterocycles. The van der Waals surface area contributed by atoms with Gasteiger partial charge in [-0.05, 0) is 56.4 Å². The number of carbonyl (C=O) groups excluding carboxylic acids is 2. The number of hydrogen-bond acceptors (Lipinski definition) is 4. The van der Waals surface area contributed by atoms with Crippen LogP contribution in [0.1, 0.15) is 37.2 Å². The summed E-state index contributed by atoms with van der Waals surface area (Å²) in [6, 6.07) is 15.3. The number of thiophene rings is 1. The molecule has 8 heteroatoms. The van der Waals surface area contributed by atoms with Gasteiger partial charge in [-0.1, -0.05) is 41.9 Å². The van der Waals surface area contributed by atoms with Crippen molar-refractivity contribution in [2.75, 3.05) is 26.0 Å². The fourth-order valence-corrected chi connectivity index (χ4v) is 4.40. The van der Waals surface area contributed by atoms with Gasteiger partial charge in [-0.25, -0.2) is 4.39 Å². The highest BCUT2D eigenvalue weighted by molar-refractivity contribution is 7.18. The number of aryl methyl sites for hydroxylation is 1. The molecule has 2 amide bonds. The van der Waals surface area contributed by atoms with Gasteiger partial charge in [-0.2, -0.15) is 0 Å². The quantitative estimate of drug-likeness (QED) is 0.514. The average Bonchev–Trinajstić information content (AvgIpc) is 3.08. The summed E-state index contributed by atoms with van der Waals surface area (Å²) < 4.78 is 13.2. The Bertz CT molecular complexity index is 1090. The molecule has 0 radical (unpaired) electrons. The molecule has 31 heavy (non-hydrogen) atoms. The van der Waals surface area contributed by atoms with Crippen molar-refractivity contribution in [1.29, 1.82) is 0 Å². The number of hydrogen-bond donors (Lipinski definition) is 2. The Labute approximate surface area is 189 Å². The lowest BCUT2D eigenvalue weighted by atomic mass is 10.1. The average molecular weight is 460 g/mol. The molecule has 2 aromatic carbocycles. The van der Waals surface area contributed by atoms with E-state index in [1.807, 2.05) is 51.4 Å². The smallest absolute Gasteiger partial charge is 0.261 e. The van der Waals surface area contributed by atoms with Crippen LogP contribution in [0.25, 0.3) is 0 Å². The predicted molar refractivity (Wildman–Crippen MR) is 124 cm³/mol. The Balaban J connectivity index is 1.68. The monoisotopic (exact) mass is 459 g/mol. The van der Waals surface area contributed by atoms with Crippen LogP contribution in [-0.4, -0.2) is 37.4 Å². The highest BCUT2D eigenvalue weighted by atomic mass is 35.5. The summed E-state index contributed by atoms with van der Waals surface area (Å²) in [5.74, 6) is -1.18. The van der Waals surface area contributed by atoms with Crippen LogP contribution in [0.5, 0.6) is 0 Å². The molecule has 3 rings (SSSR count). The maximum Gasteiger partial charge on any atom is 0.261 e. The van der Waals surface area contributed by atoms with Crippen molar-refractivity contribution >= 4 is 39.8 Å². The van der Waals surface area contributed by atoms with Crippen molar-refractivity contribution < 1.29 is 14.0 Å². The summed E-state index contributed by atoms with van der Waals surface area (Å²) in [5.41, 5.74) is 2.03. The normalized spacial score (nSPS) is 11.9. The SMILES string of the molecule is Cc1cc(NC(=O)c2ccc(F)cc2Cl)sc1C(=O)NCC(c1ccccc1)N(C)C. The Morgan fingerprint density at radius 1 is 1.10 bits per heavy atom. The predicted octanol–water partition coefficient (Wildman–Crippen LogP) is 5.13. The Kier molecular flexibility index (Phi) is 7.43. The molecule has 0 aliphatic rings. The first-order chi connectivity index (χ1) is 14.8. The number of nitrogens with zero attached hydrogens (tertiary/aromatic N) is 1. The van der Waals surface area contributed by atoms with Crippen molar-refractivity contribution in [1.82, 2.24) is 10.2 Å². The van der Waals surface area contributed by atoms with E-state index in [1.165, 1.54) is 23.5 Å². The highest BCUT2D eigenvalue weighted by Crippen LogP contribution is 2.28. The van der Waals surface area contributed by atoms with Gasteiger partial charge in [0.15, 0.2) is 0 Å². The third-order valence-corrected chi connectivity index (χ3v) is 6.26. The van der Waals surface area contributed by atoms with Gasteiger partial charge in [0.05, 0.1) is 26.5 Å². The number of nitrogens with one attached hydrogen (secondary N) is 2. The number of carbonyl (C=O) groups is 2. The van der Waals surface area contributed by atoms with Crippen LogP contribution in [0.4, 0.5) is 9.39 Å². The lowest BCUT2D eigenvalue weighted by Gasteiger charge is -2.25. The Hall–Kier alpha value is -2.74. The lowest BCUT2D eigenvalue weighted by Crippen LogP contribution is -2.34. The Morgan fingerprint density at radius 3 is 2.45 bits per heavy atom. The van der Waals surface area contributed by atoms with Crippen LogP contribution in [0.2, 0.25) is 5.02 Å². The molecule has 0 aliphatic heterocycles. The zero-order chi connectivity index (χ0) is 22.5. The maximum atomic E-state index is 13.2. The number of rotatable bonds is 7. The van der Waals surface area contributed by atoms with Crippen molar-refractivity contribution in [3.8, 4) is 0 Å². The van der Waals surface area contributed by atoms with Crippen LogP contribution >= 0.6 is 22.9 Å². The number of benzene rings is 2. The number of amides is 2. The second kappa shape index (κ2) is 10.0. The van der Waals surface area contributed by atoms with E-state index in [0.29, 0.717) is 16.4 Å². The van der Waals surface area contributed by atoms with Crippen molar-refractivity contribution in [3.05, 3.63) is 87.0 Å². The summed E-state index contributed by atoms with van der Waals surface area (Å²) in [7, 11) is 3.93. The number of likely N-dealkylation sites (N-methyl/N-ethyl adjacent to an activating group) is 1. The van der Waals surface area contributed by atoms with Gasteiger partial charge >= 0.3 is 0 Å². The van der Waals surface area contributed by atoms with Gasteiger partial charge in [-0.3, -0.25) is 9.59 Å². The summed E-state index contributed by atoms with van der Waals surface area (Å²) in [5, 5.41) is 6.26. The van der Waals surface area contributed by atoms with Crippen LogP contribution < -0.4 is 10.6 Å². The zero-order valence-electron chi connectivity index (χ0n) is 17.4. The van der Waals surface area contributed by atoms with Crippen LogP contribution in [-0.2, 0) is 0 Å². The first-order valence-corrected chi connectivity index (χ1v) is 10.8. The molecule has 1 aromatic heterocycles. The van der Waals surface area contributed by atoms with E-state index in [4.69, 9.17) is 11.6 Å². The van der Waals surface area contributed by atoms with E-state index >= 15 is 0 Å². The molecule has 0 saturated carbocycles. The first-order valence-electron chi connectivity index (χ1n) is 9.62. The van der Waals surface area contributed by atoms with Crippen LogP contribution in [0.3, 0.4) is 0 Å². The van der Waals surface area contributed by atoms with Gasteiger partial charge in [0.25, 0.3) is 11.8 Å². The van der Waals surface area contributed by atoms with Gasteiger partial charge in [0, 0.05) is 6.54 Å². The molecule has 1 unspecified atom stereocenters. The minimum Gasteiger partial charge on any atom is -0.349 e. The van der Waals surface area contributed by atoms with Gasteiger partial charge in [-0.15, -0.1) is 11.3 Å². The van der Waals surface area contributed by atoms with Gasteiger partial charge in [0.1, 0.15) is 5.82 Å². The van der Waals surface area contributed by atoms with Crippen LogP contribution in [0.15, 0.2) is 54.6 Å². The molecule has 3 aromatic rings. The lowest BCUT2D eigenvalue weighted by molar-refractivity contribution is 0.0944. The zero-order valence-corrected chi connectivity index (χ0v) is 19.0. The molecule has 2 N–H and O–H groups in total. The van der Waals surface area contributed by atoms with E-state index in [-0.39, 0.29) is 22.5 Å². The molecule has 162 valence electrons. The largest absolute Gasteiger partial charge is 0.349 e. The summed E-state index contributed by atoms with van der Waals surface area (Å²) in [6.45, 7) is 2.26. The minimum atomic E-state index is -0.515. The molecule has 0 aliphatic carbocycles. The van der Waals surface area contributed by atoms with E-state index in [0.717, 1.165) is 17.2 Å². The highest BCUT2D eigenvalue weighted by Gasteiger charge is 2.19. The fourth-order valence-electron chi connectivity index (χ4n) is 3.17. The second-order valence-electron chi connectivity index (χ2n) is 7.30. The third kappa shape index (κ3) is 5.70. The fraction of sp³-hybridized carbons (Fsp3) is 0.217. The number of anilines is 1. The van der Waals surface area contributed by atoms with Crippen LogP contribution in [0, 0.1) is 12.7 Å². The van der Waals surface area contributed by atoms with Crippen molar-refractivity contribution in [3.63, 3.8) is 0 Å². The van der Waals surface area contributed by atoms with Gasteiger partial charge < -0.3 is 15.5 Å². The molecule has 5 nitrogen and oxygen atoms in total. The maximum absolute atomic E-state index is 13.2. The summed E-state index contributed by atoms with van der Waals surface area (Å²) in [4.78, 5) is 27.8. The summed E-state index contributed by atoms with van der Waals surface area (Å²) in [6.07, 6.45) is 0. The minimum absolute atomic E-state index is 0.0272. The van der Waals surface area contributed by atoms with E-state index in [2.05, 4.69) is 15.5 Å². The molecular weight excluding hydrogens is 437 g/mol. The molecule has 0 fully saturated rings. The molecule has 0 spiro atoms. The van der Waals surface area contributed by atoms with E-state index < -0.39 is 11.7 Å². The Morgan fingerprint density at radius 2 is 1.81 bits per heavy atom. The molecular formula is C23H23ClFN3O2S. The van der Waals surface area contributed by atoms with E-state index in [9.17, 15) is 14.0 Å². The summed E-state index contributed by atoms with van der Waals surface area (Å²) >= 11 is 7.14. The van der Waals surface area contributed by atoms with Crippen molar-refractivity contribution in [2.45, 2.75) is 13.0 Å². The second-order valence-corrected chi connectivity index (χ2v) is 8.76.